The Bertz CT molecular complexity index is 578. The summed E-state index contributed by atoms with van der Waals surface area (Å²) in [6, 6.07) is 9.29. The highest BCUT2D eigenvalue weighted by molar-refractivity contribution is 5.83. The average molecular weight is 351 g/mol. The number of amides is 1. The van der Waals surface area contributed by atoms with E-state index in [1.165, 1.54) is 19.1 Å². The zero-order valence-electron chi connectivity index (χ0n) is 14.8. The highest BCUT2D eigenvalue weighted by atomic mass is 16.6. The number of aliphatic carboxylic acids is 1. The molecular weight excluding hydrogens is 326 g/mol. The lowest BCUT2D eigenvalue weighted by Gasteiger charge is -2.26. The summed E-state index contributed by atoms with van der Waals surface area (Å²) < 4.78 is 16.1. The lowest BCUT2D eigenvalue weighted by Crippen LogP contribution is -2.43. The molecule has 4 atom stereocenters. The van der Waals surface area contributed by atoms with E-state index in [9.17, 15) is 14.7 Å². The van der Waals surface area contributed by atoms with Gasteiger partial charge in [0.2, 0.25) is 5.91 Å². The normalized spacial score (nSPS) is 24.3. The molecular formula is C18H25NO6. The van der Waals surface area contributed by atoms with Gasteiger partial charge in [0, 0.05) is 27.8 Å². The fourth-order valence-corrected chi connectivity index (χ4v) is 3.22. The van der Waals surface area contributed by atoms with Gasteiger partial charge in [-0.1, -0.05) is 30.3 Å². The molecule has 138 valence electrons. The summed E-state index contributed by atoms with van der Waals surface area (Å²) in [5.74, 6) is -2.07. The van der Waals surface area contributed by atoms with E-state index in [-0.39, 0.29) is 18.4 Å². The van der Waals surface area contributed by atoms with Crippen LogP contribution in [0.15, 0.2) is 30.3 Å². The molecule has 25 heavy (non-hydrogen) atoms. The third kappa shape index (κ3) is 4.56. The number of carboxylic acids is 1. The Kier molecular flexibility index (Phi) is 6.92. The number of likely N-dealkylation sites (tertiary alicyclic amines) is 1. The number of rotatable bonds is 8. The topological polar surface area (TPSA) is 85.3 Å². The van der Waals surface area contributed by atoms with Crippen LogP contribution in [-0.2, 0) is 30.2 Å². The molecule has 1 unspecified atom stereocenters. The summed E-state index contributed by atoms with van der Waals surface area (Å²) in [7, 11) is 4.58. The smallest absolute Gasteiger partial charge is 0.307 e. The number of carbonyl (C=O) groups is 2. The maximum Gasteiger partial charge on any atom is 0.307 e. The molecule has 1 fully saturated rings. The molecule has 1 aromatic rings. The van der Waals surface area contributed by atoms with Crippen molar-refractivity contribution in [2.75, 3.05) is 27.9 Å². The summed E-state index contributed by atoms with van der Waals surface area (Å²) >= 11 is 0. The van der Waals surface area contributed by atoms with Crippen LogP contribution in [0.1, 0.15) is 12.0 Å². The number of hydrogen-bond acceptors (Lipinski definition) is 5. The molecule has 0 saturated carbocycles. The highest BCUT2D eigenvalue weighted by Gasteiger charge is 2.45. The number of methoxy groups -OCH3 is 3. The van der Waals surface area contributed by atoms with Gasteiger partial charge in [0.15, 0.2) is 6.23 Å². The molecule has 0 bridgehead atoms. The van der Waals surface area contributed by atoms with Crippen LogP contribution in [-0.4, -0.2) is 68.2 Å². The SMILES string of the molecule is COC1CN(C(=O)C[C@@H](Cc2ccccc2)C(=O)O)[C@H](OC)[C@@H]1OC. The first-order valence-electron chi connectivity index (χ1n) is 8.16. The zero-order chi connectivity index (χ0) is 18.4. The van der Waals surface area contributed by atoms with Crippen molar-refractivity contribution in [3.8, 4) is 0 Å². The second-order valence-electron chi connectivity index (χ2n) is 6.08. The Labute approximate surface area is 147 Å². The first-order chi connectivity index (χ1) is 12.0. The van der Waals surface area contributed by atoms with Gasteiger partial charge in [0.25, 0.3) is 0 Å². The second-order valence-corrected chi connectivity index (χ2v) is 6.08. The molecule has 1 aliphatic heterocycles. The maximum atomic E-state index is 12.7. The fraction of sp³-hybridized carbons (Fsp3) is 0.556. The van der Waals surface area contributed by atoms with Crippen LogP contribution < -0.4 is 0 Å². The molecule has 7 heteroatoms. The van der Waals surface area contributed by atoms with Crippen molar-refractivity contribution >= 4 is 11.9 Å². The monoisotopic (exact) mass is 351 g/mol. The van der Waals surface area contributed by atoms with Crippen LogP contribution in [0, 0.1) is 5.92 Å². The van der Waals surface area contributed by atoms with Crippen LogP contribution in [0.25, 0.3) is 0 Å². The van der Waals surface area contributed by atoms with E-state index in [1.54, 1.807) is 7.11 Å². The van der Waals surface area contributed by atoms with E-state index in [4.69, 9.17) is 14.2 Å². The van der Waals surface area contributed by atoms with E-state index in [0.717, 1.165) is 5.56 Å². The summed E-state index contributed by atoms with van der Waals surface area (Å²) in [5, 5.41) is 9.49. The van der Waals surface area contributed by atoms with Gasteiger partial charge in [-0.3, -0.25) is 9.59 Å². The van der Waals surface area contributed by atoms with Crippen LogP contribution in [0.4, 0.5) is 0 Å². The van der Waals surface area contributed by atoms with Gasteiger partial charge in [0.05, 0.1) is 12.5 Å². The molecule has 1 saturated heterocycles. The Morgan fingerprint density at radius 1 is 1.16 bits per heavy atom. The minimum Gasteiger partial charge on any atom is -0.481 e. The third-order valence-electron chi connectivity index (χ3n) is 4.56. The predicted octanol–water partition coefficient (Wildman–Crippen LogP) is 1.16. The summed E-state index contributed by atoms with van der Waals surface area (Å²) in [6.45, 7) is 0.310. The quantitative estimate of drug-likeness (QED) is 0.757. The number of hydrogen-bond donors (Lipinski definition) is 1. The number of benzene rings is 1. The fourth-order valence-electron chi connectivity index (χ4n) is 3.22. The van der Waals surface area contributed by atoms with E-state index in [0.29, 0.717) is 13.0 Å². The third-order valence-corrected chi connectivity index (χ3v) is 4.56. The molecule has 1 aromatic carbocycles. The van der Waals surface area contributed by atoms with Crippen LogP contribution in [0.5, 0.6) is 0 Å². The highest BCUT2D eigenvalue weighted by Crippen LogP contribution is 2.26. The molecule has 1 aliphatic rings. The Balaban J connectivity index is 2.08. The largest absolute Gasteiger partial charge is 0.481 e. The molecule has 1 heterocycles. The van der Waals surface area contributed by atoms with Gasteiger partial charge in [-0.05, 0) is 12.0 Å². The average Bonchev–Trinajstić information content (AvgIpc) is 2.99. The predicted molar refractivity (Wildman–Crippen MR) is 90.0 cm³/mol. The number of ether oxygens (including phenoxy) is 3. The lowest BCUT2D eigenvalue weighted by molar-refractivity contribution is -0.153. The molecule has 2 rings (SSSR count). The van der Waals surface area contributed by atoms with Gasteiger partial charge in [0.1, 0.15) is 12.2 Å². The van der Waals surface area contributed by atoms with Gasteiger partial charge in [-0.2, -0.15) is 0 Å². The molecule has 7 nitrogen and oxygen atoms in total. The molecule has 0 aliphatic carbocycles. The number of carbonyl (C=O) groups excluding carboxylic acids is 1. The van der Waals surface area contributed by atoms with Crippen LogP contribution in [0.3, 0.4) is 0 Å². The first kappa shape index (κ1) is 19.4. The van der Waals surface area contributed by atoms with Crippen molar-refractivity contribution < 1.29 is 28.9 Å². The maximum absolute atomic E-state index is 12.7. The summed E-state index contributed by atoms with van der Waals surface area (Å²) in [5.41, 5.74) is 0.886. The molecule has 0 spiro atoms. The van der Waals surface area contributed by atoms with Crippen LogP contribution in [0.2, 0.25) is 0 Å². The van der Waals surface area contributed by atoms with Gasteiger partial charge in [-0.15, -0.1) is 0 Å². The summed E-state index contributed by atoms with van der Waals surface area (Å²) in [6.07, 6.45) is -1.10. The first-order valence-corrected chi connectivity index (χ1v) is 8.16. The van der Waals surface area contributed by atoms with Crippen molar-refractivity contribution in [2.24, 2.45) is 5.92 Å². The standard InChI is InChI=1S/C18H25NO6/c1-23-14-11-19(17(25-3)16(14)24-2)15(20)10-13(18(21)22)9-12-7-5-4-6-8-12/h4-8,13-14,16-17H,9-11H2,1-3H3,(H,21,22)/t13-,14?,16-,17-/m1/s1. The van der Waals surface area contributed by atoms with Crippen molar-refractivity contribution in [1.82, 2.24) is 4.90 Å². The van der Waals surface area contributed by atoms with Crippen molar-refractivity contribution in [2.45, 2.75) is 31.3 Å². The second kappa shape index (κ2) is 8.94. The van der Waals surface area contributed by atoms with Crippen molar-refractivity contribution in [1.29, 1.82) is 0 Å². The minimum atomic E-state index is -0.989. The Morgan fingerprint density at radius 3 is 2.36 bits per heavy atom. The van der Waals surface area contributed by atoms with E-state index in [2.05, 4.69) is 0 Å². The van der Waals surface area contributed by atoms with E-state index < -0.39 is 24.2 Å². The molecule has 0 radical (unpaired) electrons. The minimum absolute atomic E-state index is 0.100. The molecule has 1 amide bonds. The van der Waals surface area contributed by atoms with Gasteiger partial charge >= 0.3 is 5.97 Å². The Hall–Kier alpha value is -1.96. The molecule has 1 N–H and O–H groups in total. The Morgan fingerprint density at radius 2 is 1.84 bits per heavy atom. The van der Waals surface area contributed by atoms with Crippen LogP contribution >= 0.6 is 0 Å². The van der Waals surface area contributed by atoms with Gasteiger partial charge < -0.3 is 24.2 Å². The van der Waals surface area contributed by atoms with Crippen molar-refractivity contribution in [3.63, 3.8) is 0 Å². The van der Waals surface area contributed by atoms with Crippen molar-refractivity contribution in [3.05, 3.63) is 35.9 Å². The lowest BCUT2D eigenvalue weighted by atomic mass is 9.95. The van der Waals surface area contributed by atoms with Gasteiger partial charge in [-0.25, -0.2) is 0 Å². The molecule has 0 aromatic heterocycles. The van der Waals surface area contributed by atoms with E-state index >= 15 is 0 Å². The number of carboxylic acid groups (broad SMARTS) is 1. The summed E-state index contributed by atoms with van der Waals surface area (Å²) in [4.78, 5) is 25.8. The zero-order valence-corrected chi connectivity index (χ0v) is 14.8. The number of nitrogens with zero attached hydrogens (tertiary/aromatic N) is 1. The van der Waals surface area contributed by atoms with E-state index in [1.807, 2.05) is 30.3 Å².